The molecule has 2 fully saturated rings. The smallest absolute Gasteiger partial charge is 0.156 e. The van der Waals surface area contributed by atoms with Gasteiger partial charge in [-0.25, -0.2) is 4.98 Å². The molecule has 0 bridgehead atoms. The van der Waals surface area contributed by atoms with Crippen LogP contribution in [0, 0.1) is 11.3 Å². The maximum Gasteiger partial charge on any atom is 0.156 e. The lowest BCUT2D eigenvalue weighted by Gasteiger charge is -2.19. The normalized spacial score (nSPS) is 31.1. The summed E-state index contributed by atoms with van der Waals surface area (Å²) in [6.45, 7) is 1.34. The zero-order valence-electron chi connectivity index (χ0n) is 13.7. The van der Waals surface area contributed by atoms with Gasteiger partial charge in [0.05, 0.1) is 18.5 Å². The highest BCUT2D eigenvalue weighted by molar-refractivity contribution is 5.52. The first-order valence-electron chi connectivity index (χ1n) is 8.61. The van der Waals surface area contributed by atoms with Crippen LogP contribution in [0.4, 0.5) is 5.82 Å². The number of nitrogens with zero attached hydrogens (tertiary/aromatic N) is 4. The maximum absolute atomic E-state index is 10.9. The highest BCUT2D eigenvalue weighted by Gasteiger charge is 2.71. The van der Waals surface area contributed by atoms with Gasteiger partial charge in [-0.3, -0.25) is 9.38 Å². The summed E-state index contributed by atoms with van der Waals surface area (Å²) < 4.78 is 1.99. The molecule has 0 unspecified atom stereocenters. The molecule has 1 saturated heterocycles. The van der Waals surface area contributed by atoms with Crippen LogP contribution in [0.5, 0.6) is 0 Å². The van der Waals surface area contributed by atoms with Gasteiger partial charge in [-0.15, -0.1) is 0 Å². The van der Waals surface area contributed by atoms with Gasteiger partial charge in [0.25, 0.3) is 0 Å². The Labute approximate surface area is 145 Å². The maximum atomic E-state index is 10.9. The number of β-amino-alcohol motifs (C(OH)–C–C–N with tert-alkyl or cyclic N) is 1. The van der Waals surface area contributed by atoms with Crippen molar-refractivity contribution in [3.8, 4) is 0 Å². The molecule has 6 nitrogen and oxygen atoms in total. The van der Waals surface area contributed by atoms with E-state index in [2.05, 4.69) is 27.0 Å². The standard InChI is InChI=1S/C19H20N4O2/c24-11-14-18(13-4-2-1-3-5-13)19(14)12-22(10-15(19)25)17-9-20-8-16-21-6-7-23(16)17/h1-9,14-15,18,24-25H,10-12H2/t14-,15+,18-,19-/m1/s1. The number of hydrogen-bond donors (Lipinski definition) is 2. The third kappa shape index (κ3) is 1.98. The van der Waals surface area contributed by atoms with Crippen LogP contribution >= 0.6 is 0 Å². The number of benzene rings is 1. The third-order valence-corrected chi connectivity index (χ3v) is 6.02. The highest BCUT2D eigenvalue weighted by Crippen LogP contribution is 2.68. The average molecular weight is 336 g/mol. The molecule has 1 aliphatic heterocycles. The van der Waals surface area contributed by atoms with Crippen LogP contribution in [0.2, 0.25) is 0 Å². The van der Waals surface area contributed by atoms with Crippen molar-refractivity contribution < 1.29 is 10.2 Å². The van der Waals surface area contributed by atoms with Gasteiger partial charge >= 0.3 is 0 Å². The predicted octanol–water partition coefficient (Wildman–Crippen LogP) is 1.30. The van der Waals surface area contributed by atoms with Crippen molar-refractivity contribution >= 4 is 11.5 Å². The molecule has 0 radical (unpaired) electrons. The van der Waals surface area contributed by atoms with Crippen molar-refractivity contribution in [2.45, 2.75) is 12.0 Å². The highest BCUT2D eigenvalue weighted by atomic mass is 16.3. The van der Waals surface area contributed by atoms with Crippen LogP contribution < -0.4 is 4.90 Å². The fraction of sp³-hybridized carbons (Fsp3) is 0.368. The summed E-state index contributed by atoms with van der Waals surface area (Å²) in [5.41, 5.74) is 1.70. The van der Waals surface area contributed by atoms with E-state index in [0.29, 0.717) is 13.1 Å². The quantitative estimate of drug-likeness (QED) is 0.754. The Morgan fingerprint density at radius 1 is 1.20 bits per heavy atom. The number of imidazole rings is 1. The van der Waals surface area contributed by atoms with Gasteiger partial charge in [0.2, 0.25) is 0 Å². The van der Waals surface area contributed by atoms with Gasteiger partial charge in [0.1, 0.15) is 5.82 Å². The van der Waals surface area contributed by atoms with E-state index in [1.807, 2.05) is 35.0 Å². The average Bonchev–Trinajstić information content (AvgIpc) is 2.92. The van der Waals surface area contributed by atoms with Crippen molar-refractivity contribution in [3.63, 3.8) is 0 Å². The van der Waals surface area contributed by atoms with Gasteiger partial charge < -0.3 is 15.1 Å². The SMILES string of the molecule is OC[C@@H]1[C@@H](c2ccccc2)[C@]12CN(c1cncc3nccn13)C[C@@H]2O. The molecule has 5 rings (SSSR count). The second-order valence-electron chi connectivity index (χ2n) is 7.11. The molecule has 0 amide bonds. The first kappa shape index (κ1) is 14.9. The minimum Gasteiger partial charge on any atom is -0.396 e. The van der Waals surface area contributed by atoms with Gasteiger partial charge in [-0.05, 0) is 17.4 Å². The van der Waals surface area contributed by atoms with Crippen LogP contribution in [0.3, 0.4) is 0 Å². The van der Waals surface area contributed by atoms with Gasteiger partial charge in [0.15, 0.2) is 5.65 Å². The zero-order chi connectivity index (χ0) is 17.0. The summed E-state index contributed by atoms with van der Waals surface area (Å²) >= 11 is 0. The molecule has 2 aromatic heterocycles. The zero-order valence-corrected chi connectivity index (χ0v) is 13.7. The van der Waals surface area contributed by atoms with Crippen molar-refractivity contribution in [1.82, 2.24) is 14.4 Å². The van der Waals surface area contributed by atoms with Gasteiger partial charge in [0, 0.05) is 37.5 Å². The Bertz CT molecular complexity index is 912. The number of fused-ring (bicyclic) bond motifs is 1. The molecule has 2 aliphatic rings. The molecule has 2 N–H and O–H groups in total. The first-order valence-corrected chi connectivity index (χ1v) is 8.61. The molecular weight excluding hydrogens is 316 g/mol. The second-order valence-corrected chi connectivity index (χ2v) is 7.11. The Hall–Kier alpha value is -2.44. The van der Waals surface area contributed by atoms with Gasteiger partial charge in [-0.2, -0.15) is 0 Å². The Kier molecular flexibility index (Phi) is 3.14. The van der Waals surface area contributed by atoms with Crippen molar-refractivity contribution in [1.29, 1.82) is 0 Å². The molecular formula is C19H20N4O2. The fourth-order valence-electron chi connectivity index (χ4n) is 4.81. The molecule has 1 saturated carbocycles. The van der Waals surface area contributed by atoms with E-state index in [1.165, 1.54) is 5.56 Å². The van der Waals surface area contributed by atoms with Crippen molar-refractivity contribution in [2.24, 2.45) is 11.3 Å². The van der Waals surface area contributed by atoms with Crippen LogP contribution in [0.25, 0.3) is 5.65 Å². The number of anilines is 1. The molecule has 3 heterocycles. The van der Waals surface area contributed by atoms with Crippen molar-refractivity contribution in [3.05, 3.63) is 60.7 Å². The topological polar surface area (TPSA) is 73.9 Å². The minimum absolute atomic E-state index is 0.0878. The number of aliphatic hydroxyl groups is 2. The molecule has 4 atom stereocenters. The van der Waals surface area contributed by atoms with Gasteiger partial charge in [-0.1, -0.05) is 30.3 Å². The number of aromatic nitrogens is 3. The van der Waals surface area contributed by atoms with E-state index in [-0.39, 0.29) is 23.9 Å². The molecule has 128 valence electrons. The van der Waals surface area contributed by atoms with E-state index in [9.17, 15) is 10.2 Å². The Balaban J connectivity index is 1.51. The lowest BCUT2D eigenvalue weighted by atomic mass is 9.95. The summed E-state index contributed by atoms with van der Waals surface area (Å²) in [6, 6.07) is 10.2. The summed E-state index contributed by atoms with van der Waals surface area (Å²) in [6.07, 6.45) is 6.73. The van der Waals surface area contributed by atoms with E-state index in [4.69, 9.17) is 0 Å². The molecule has 3 aromatic rings. The Morgan fingerprint density at radius 3 is 2.84 bits per heavy atom. The minimum atomic E-state index is -0.478. The van der Waals surface area contributed by atoms with E-state index >= 15 is 0 Å². The molecule has 6 heteroatoms. The largest absolute Gasteiger partial charge is 0.396 e. The monoisotopic (exact) mass is 336 g/mol. The van der Waals surface area contributed by atoms with Crippen LogP contribution in [0.1, 0.15) is 11.5 Å². The van der Waals surface area contributed by atoms with Crippen LogP contribution in [-0.4, -0.2) is 50.4 Å². The second kappa shape index (κ2) is 5.28. The lowest BCUT2D eigenvalue weighted by molar-refractivity contribution is 0.113. The summed E-state index contributed by atoms with van der Waals surface area (Å²) in [4.78, 5) is 10.7. The molecule has 1 spiro atoms. The van der Waals surface area contributed by atoms with Crippen LogP contribution in [0.15, 0.2) is 55.1 Å². The first-order chi connectivity index (χ1) is 12.3. The summed E-state index contributed by atoms with van der Waals surface area (Å²) in [7, 11) is 0. The number of hydrogen-bond acceptors (Lipinski definition) is 5. The summed E-state index contributed by atoms with van der Waals surface area (Å²) in [5, 5.41) is 20.8. The van der Waals surface area contributed by atoms with E-state index in [0.717, 1.165) is 11.5 Å². The fourth-order valence-corrected chi connectivity index (χ4v) is 4.81. The summed E-state index contributed by atoms with van der Waals surface area (Å²) in [5.74, 6) is 1.21. The van der Waals surface area contributed by atoms with E-state index < -0.39 is 6.10 Å². The predicted molar refractivity (Wildman–Crippen MR) is 93.4 cm³/mol. The molecule has 1 aromatic carbocycles. The lowest BCUT2D eigenvalue weighted by Crippen LogP contribution is -2.23. The Morgan fingerprint density at radius 2 is 2.04 bits per heavy atom. The number of rotatable bonds is 3. The molecule has 1 aliphatic carbocycles. The third-order valence-electron chi connectivity index (χ3n) is 6.02. The van der Waals surface area contributed by atoms with E-state index in [1.54, 1.807) is 12.4 Å². The van der Waals surface area contributed by atoms with Crippen LogP contribution in [-0.2, 0) is 0 Å². The molecule has 25 heavy (non-hydrogen) atoms. The number of aliphatic hydroxyl groups excluding tert-OH is 2. The van der Waals surface area contributed by atoms with Crippen molar-refractivity contribution in [2.75, 3.05) is 24.6 Å².